The van der Waals surface area contributed by atoms with Crippen LogP contribution in [0, 0.1) is 0 Å². The number of rotatable bonds is 8. The smallest absolute Gasteiger partial charge is 0.247 e. The third kappa shape index (κ3) is 11.0. The van der Waals surface area contributed by atoms with Crippen molar-refractivity contribution in [3.63, 3.8) is 0 Å². The van der Waals surface area contributed by atoms with Crippen molar-refractivity contribution >= 4 is 123 Å². The minimum absolute atomic E-state index is 0.00789. The fourth-order valence-corrected chi connectivity index (χ4v) is 20.1. The van der Waals surface area contributed by atoms with Gasteiger partial charge in [-0.1, -0.05) is 307 Å². The minimum Gasteiger partial charge on any atom is -0.310 e. The first kappa shape index (κ1) is 63.8. The maximum Gasteiger partial charge on any atom is 0.247 e. The predicted octanol–water partition coefficient (Wildman–Crippen LogP) is 27.9. The fourth-order valence-electron chi connectivity index (χ4n) is 20.1. The van der Waals surface area contributed by atoms with Crippen LogP contribution in [0.4, 0.5) is 34.1 Å². The molecular formula is C113H94BN5. The number of fused-ring (bicyclic) bond motifs is 19. The van der Waals surface area contributed by atoms with Crippen molar-refractivity contribution < 1.29 is 11.0 Å². The van der Waals surface area contributed by atoms with Gasteiger partial charge in [-0.25, -0.2) is 0 Å². The molecule has 0 bridgehead atoms. The van der Waals surface area contributed by atoms with Gasteiger partial charge in [0.1, 0.15) is 0 Å². The molecule has 19 aromatic rings. The number of aromatic nitrogens is 3. The van der Waals surface area contributed by atoms with Gasteiger partial charge in [0.25, 0.3) is 0 Å². The van der Waals surface area contributed by atoms with Crippen molar-refractivity contribution in [3.8, 4) is 50.4 Å². The quantitative estimate of drug-likeness (QED) is 0.141. The first-order valence-corrected chi connectivity index (χ1v) is 41.8. The molecule has 0 saturated carbocycles. The Balaban J connectivity index is 0.978. The molecular weight excluding hydrogens is 1440 g/mol. The molecule has 0 saturated heterocycles. The molecule has 0 atom stereocenters. The molecule has 3 aromatic heterocycles. The van der Waals surface area contributed by atoms with Gasteiger partial charge in [-0.3, -0.25) is 0 Å². The van der Waals surface area contributed by atoms with Gasteiger partial charge in [0.15, 0.2) is 0 Å². The first-order chi connectivity index (χ1) is 60.9. The molecule has 0 aliphatic carbocycles. The van der Waals surface area contributed by atoms with Gasteiger partial charge in [0, 0.05) is 77.6 Å². The van der Waals surface area contributed by atoms with Crippen LogP contribution in [0.2, 0.25) is 0 Å². The summed E-state index contributed by atoms with van der Waals surface area (Å²) in [5.74, 6) is 0. The summed E-state index contributed by atoms with van der Waals surface area (Å²) in [5.41, 5.74) is 28.3. The predicted molar refractivity (Wildman–Crippen MR) is 506 cm³/mol. The van der Waals surface area contributed by atoms with Gasteiger partial charge in [-0.2, -0.15) is 0 Å². The van der Waals surface area contributed by atoms with Gasteiger partial charge < -0.3 is 23.5 Å². The van der Waals surface area contributed by atoms with Crippen LogP contribution in [-0.4, -0.2) is 20.4 Å². The Hall–Kier alpha value is -13.4. The van der Waals surface area contributed by atoms with Gasteiger partial charge in [-0.15, -0.1) is 0 Å². The highest BCUT2D eigenvalue weighted by molar-refractivity contribution is 6.99. The Bertz CT molecular complexity index is 7590. The summed E-state index contributed by atoms with van der Waals surface area (Å²) >= 11 is 0. The molecule has 0 radical (unpaired) electrons. The number of hydrogen-bond acceptors (Lipinski definition) is 2. The molecule has 0 unspecified atom stereocenters. The minimum atomic E-state index is -1.35. The summed E-state index contributed by atoms with van der Waals surface area (Å²) in [5, 5.41) is 4.62. The van der Waals surface area contributed by atoms with Gasteiger partial charge >= 0.3 is 0 Å². The summed E-state index contributed by atoms with van der Waals surface area (Å²) in [6.45, 7) is 27.0. The summed E-state index contributed by atoms with van der Waals surface area (Å²) in [6, 6.07) is 109. The van der Waals surface area contributed by atoms with E-state index >= 15 is 0 Å². The van der Waals surface area contributed by atoms with Crippen LogP contribution < -0.4 is 26.2 Å². The maximum absolute atomic E-state index is 10.1. The van der Waals surface area contributed by atoms with Crippen molar-refractivity contribution in [2.75, 3.05) is 9.80 Å². The highest BCUT2D eigenvalue weighted by Gasteiger charge is 2.56. The molecule has 16 aromatic carbocycles. The summed E-state index contributed by atoms with van der Waals surface area (Å²) in [4.78, 5) is 5.05. The van der Waals surface area contributed by atoms with Crippen LogP contribution in [-0.2, 0) is 27.1 Å². The van der Waals surface area contributed by atoms with Crippen molar-refractivity contribution in [2.45, 2.75) is 110 Å². The fraction of sp³-hybridized carbons (Fsp3) is 0.150. The number of para-hydroxylation sites is 5. The van der Waals surface area contributed by atoms with Crippen LogP contribution in [0.25, 0.3) is 116 Å². The molecule has 574 valence electrons. The van der Waals surface area contributed by atoms with Crippen molar-refractivity contribution in [1.29, 1.82) is 0 Å². The number of benzene rings is 16. The van der Waals surface area contributed by atoms with Crippen LogP contribution in [0.3, 0.4) is 0 Å². The highest BCUT2D eigenvalue weighted by atomic mass is 15.2. The Labute approximate surface area is 709 Å². The summed E-state index contributed by atoms with van der Waals surface area (Å²) in [6.07, 6.45) is 0. The maximum atomic E-state index is 10.1. The Morgan fingerprint density at radius 2 is 0.639 bits per heavy atom. The van der Waals surface area contributed by atoms with E-state index in [4.69, 9.17) is 0 Å². The van der Waals surface area contributed by atoms with Crippen molar-refractivity contribution in [2.24, 2.45) is 0 Å². The molecule has 3 aliphatic rings. The molecule has 22 rings (SSSR count). The molecule has 0 fully saturated rings. The Morgan fingerprint density at radius 1 is 0.261 bits per heavy atom. The number of anilines is 6. The Morgan fingerprint density at radius 3 is 1.10 bits per heavy atom. The third-order valence-corrected chi connectivity index (χ3v) is 25.9. The lowest BCUT2D eigenvalue weighted by molar-refractivity contribution is 0.590. The zero-order chi connectivity index (χ0) is 87.9. The van der Waals surface area contributed by atoms with E-state index in [0.717, 1.165) is 150 Å². The lowest BCUT2D eigenvalue weighted by atomic mass is 9.29. The second-order valence-electron chi connectivity index (χ2n) is 37.1. The number of hydrogen-bond donors (Lipinski definition) is 0. The molecule has 1 spiro atoms. The molecule has 119 heavy (non-hydrogen) atoms. The van der Waals surface area contributed by atoms with Crippen LogP contribution in [0.15, 0.2) is 352 Å². The largest absolute Gasteiger partial charge is 0.310 e. The third-order valence-electron chi connectivity index (χ3n) is 25.9. The van der Waals surface area contributed by atoms with Crippen LogP contribution >= 0.6 is 0 Å². The van der Waals surface area contributed by atoms with Crippen LogP contribution in [0.5, 0.6) is 0 Å². The average Bonchev–Trinajstić information content (AvgIpc) is 1.29. The molecule has 6 heterocycles. The molecule has 0 amide bonds. The monoisotopic (exact) mass is 1540 g/mol. The topological polar surface area (TPSA) is 21.3 Å². The van der Waals surface area contributed by atoms with Gasteiger partial charge in [0.2, 0.25) is 6.71 Å². The standard InChI is InChI=1S/C113H94BN5/c1-109(2,3)75-49-57-99-87(63-75)88-64-76(110(4,5)6)50-58-100(88)117(99)81-54-56-96-105(69-81)119(108-85(72-35-19-14-20-36-72)61-74(71-33-17-13-18-34-71)62-86(108)73-37-21-15-22-38-73)106-70-82(118-101-59-51-77(111(7,8)9)65-89(101)90-66-78(112(10,11)12)52-60-102(90)118)68-94-107(106)114(96)95-55-53-80(116-97-45-29-25-41-83(97)84-42-26-30-46-98(84)116)67-93(95)113(94)91-43-27-31-47-103(91)115(79-39-23-16-24-40-79)104-48-32-28-44-92(104)113/h13-70H,1-12H3/i25D,26D,29D,30D,41D,42D,45D,46D. The van der Waals surface area contributed by atoms with E-state index in [2.05, 4.69) is 399 Å². The van der Waals surface area contributed by atoms with E-state index in [0.29, 0.717) is 5.69 Å². The molecule has 3 aliphatic heterocycles. The van der Waals surface area contributed by atoms with E-state index in [1.54, 1.807) is 4.57 Å². The Kier molecular flexibility index (Phi) is 14.1. The van der Waals surface area contributed by atoms with E-state index < -0.39 is 48.4 Å². The van der Waals surface area contributed by atoms with E-state index in [1.165, 1.54) is 33.0 Å². The highest BCUT2D eigenvalue weighted by Crippen LogP contribution is 2.61. The zero-order valence-electron chi connectivity index (χ0n) is 77.2. The van der Waals surface area contributed by atoms with Crippen LogP contribution in [0.1, 0.15) is 139 Å². The van der Waals surface area contributed by atoms with Gasteiger partial charge in [0.05, 0.1) is 66.5 Å². The second kappa shape index (κ2) is 26.3. The van der Waals surface area contributed by atoms with E-state index in [-0.39, 0.29) is 55.6 Å². The first-order valence-electron chi connectivity index (χ1n) is 45.8. The molecule has 0 N–H and O–H groups in total. The van der Waals surface area contributed by atoms with Gasteiger partial charge in [-0.05, 0) is 233 Å². The SMILES string of the molecule is [2H]c1c([2H])c([2H])c2c(c1[2H])c1c([2H])c([2H])c([2H])c([2H])c1n2-c1ccc2c(c1)C1(c3ccccc3N(c3ccccc3)c3ccccc31)c1cc(-n3c4ccc(C(C)(C)C)cc4c4cc(C(C)(C)C)ccc43)cc3c1B2c1ccc(-n2c4ccc(C(C)(C)C)cc4c4cc(C(C)(C)C)ccc42)cc1N3c1c(-c2ccccc2)cc(-c2ccccc2)cc1-c1ccccc1. The average molecular weight is 1540 g/mol. The van der Waals surface area contributed by atoms with E-state index in [1.807, 2.05) is 6.07 Å². The lowest BCUT2D eigenvalue weighted by Crippen LogP contribution is -2.65. The summed E-state index contributed by atoms with van der Waals surface area (Å²) in [7, 11) is 0. The normalized spacial score (nSPS) is 14.7. The second-order valence-corrected chi connectivity index (χ2v) is 37.1. The van der Waals surface area contributed by atoms with Crippen molar-refractivity contribution in [1.82, 2.24) is 13.7 Å². The molecule has 6 heteroatoms. The zero-order valence-corrected chi connectivity index (χ0v) is 69.2. The van der Waals surface area contributed by atoms with Crippen molar-refractivity contribution in [3.05, 3.63) is 396 Å². The summed E-state index contributed by atoms with van der Waals surface area (Å²) < 4.78 is 84.1. The lowest BCUT2D eigenvalue weighted by Gasteiger charge is -2.52. The molecule has 5 nitrogen and oxygen atoms in total. The van der Waals surface area contributed by atoms with E-state index in [9.17, 15) is 11.0 Å². The number of nitrogens with zero attached hydrogens (tertiary/aromatic N) is 5.